The number of nitrogens with zero attached hydrogens (tertiary/aromatic N) is 4. The van der Waals surface area contributed by atoms with Crippen LogP contribution in [-0.4, -0.2) is 50.0 Å². The van der Waals surface area contributed by atoms with Crippen molar-refractivity contribution in [2.45, 2.75) is 12.8 Å². The van der Waals surface area contributed by atoms with E-state index in [-0.39, 0.29) is 23.7 Å². The molecule has 27 heavy (non-hydrogen) atoms. The summed E-state index contributed by atoms with van der Waals surface area (Å²) in [4.78, 5) is 36.0. The molecule has 1 aliphatic heterocycles. The van der Waals surface area contributed by atoms with Gasteiger partial charge >= 0.3 is 0 Å². The Morgan fingerprint density at radius 3 is 2.96 bits per heavy atom. The average Bonchev–Trinajstić information content (AvgIpc) is 3.40. The molecule has 1 saturated heterocycles. The molecular formula is C18H18N6O2S. The summed E-state index contributed by atoms with van der Waals surface area (Å²) in [5, 5.41) is 11.4. The van der Waals surface area contributed by atoms with Crippen LogP contribution in [0.25, 0.3) is 11.5 Å². The summed E-state index contributed by atoms with van der Waals surface area (Å²) >= 11 is 1.42. The summed E-state index contributed by atoms with van der Waals surface area (Å²) in [6, 6.07) is 9.14. The van der Waals surface area contributed by atoms with Crippen LogP contribution in [0.1, 0.15) is 22.5 Å². The van der Waals surface area contributed by atoms with Crippen LogP contribution in [0.5, 0.6) is 0 Å². The minimum absolute atomic E-state index is 0.0159. The molecule has 3 aromatic rings. The largest absolute Gasteiger partial charge is 0.337 e. The molecule has 2 N–H and O–H groups in total. The smallest absolute Gasteiger partial charge is 0.263 e. The number of H-pyrrole nitrogens is 1. The standard InChI is InChI=1S/C18H18N6O2S/c25-16(21-18-20-15(22-23-18)13-6-1-2-8-19-13)12-5-3-9-24(11-12)17(26)14-7-4-10-27-14/h1-2,4,6-8,10,12H,3,5,9,11H2,(H2,20,21,22,23,25)/t12-/m1/s1. The van der Waals surface area contributed by atoms with Crippen LogP contribution in [0.4, 0.5) is 5.95 Å². The number of carbonyl (C=O) groups is 2. The Balaban J connectivity index is 1.39. The minimum atomic E-state index is -0.278. The topological polar surface area (TPSA) is 104 Å². The van der Waals surface area contributed by atoms with Gasteiger partial charge in [-0.05, 0) is 36.4 Å². The number of rotatable bonds is 4. The van der Waals surface area contributed by atoms with Crippen LogP contribution >= 0.6 is 11.3 Å². The van der Waals surface area contributed by atoms with Gasteiger partial charge in [-0.2, -0.15) is 4.98 Å². The molecule has 9 heteroatoms. The molecule has 8 nitrogen and oxygen atoms in total. The molecule has 0 radical (unpaired) electrons. The first-order chi connectivity index (χ1) is 13.2. The van der Waals surface area contributed by atoms with Crippen molar-refractivity contribution in [2.75, 3.05) is 18.4 Å². The van der Waals surface area contributed by atoms with Crippen molar-refractivity contribution in [3.63, 3.8) is 0 Å². The van der Waals surface area contributed by atoms with Gasteiger partial charge in [0.15, 0.2) is 5.82 Å². The lowest BCUT2D eigenvalue weighted by atomic mass is 9.97. The number of hydrogen-bond donors (Lipinski definition) is 2. The van der Waals surface area contributed by atoms with E-state index in [0.717, 1.165) is 12.8 Å². The van der Waals surface area contributed by atoms with E-state index in [9.17, 15) is 9.59 Å². The Kier molecular flexibility index (Phi) is 4.93. The molecule has 2 amide bonds. The fourth-order valence-electron chi connectivity index (χ4n) is 3.08. The predicted octanol–water partition coefficient (Wildman–Crippen LogP) is 2.42. The van der Waals surface area contributed by atoms with E-state index in [4.69, 9.17) is 0 Å². The summed E-state index contributed by atoms with van der Waals surface area (Å²) in [5.74, 6) is 0.231. The number of hydrogen-bond acceptors (Lipinski definition) is 6. The molecule has 1 atom stereocenters. The SMILES string of the molecule is O=C(Nc1n[nH]c(-c2ccccn2)n1)[C@@H]1CCCN(C(=O)c2cccs2)C1. The van der Waals surface area contributed by atoms with Crippen LogP contribution in [0.2, 0.25) is 0 Å². The van der Waals surface area contributed by atoms with E-state index < -0.39 is 0 Å². The predicted molar refractivity (Wildman–Crippen MR) is 101 cm³/mol. The fraction of sp³-hybridized carbons (Fsp3) is 0.278. The van der Waals surface area contributed by atoms with E-state index >= 15 is 0 Å². The highest BCUT2D eigenvalue weighted by molar-refractivity contribution is 7.12. The van der Waals surface area contributed by atoms with Gasteiger partial charge in [-0.3, -0.25) is 25.0 Å². The molecule has 0 aromatic carbocycles. The van der Waals surface area contributed by atoms with E-state index in [1.165, 1.54) is 11.3 Å². The lowest BCUT2D eigenvalue weighted by Gasteiger charge is -2.31. The number of pyridine rings is 1. The Hall–Kier alpha value is -3.07. The lowest BCUT2D eigenvalue weighted by Crippen LogP contribution is -2.43. The third-order valence-electron chi connectivity index (χ3n) is 4.44. The van der Waals surface area contributed by atoms with Gasteiger partial charge in [0.1, 0.15) is 5.69 Å². The highest BCUT2D eigenvalue weighted by Crippen LogP contribution is 2.22. The van der Waals surface area contributed by atoms with Crippen LogP contribution in [0.15, 0.2) is 41.9 Å². The second-order valence-electron chi connectivity index (χ2n) is 6.28. The summed E-state index contributed by atoms with van der Waals surface area (Å²) < 4.78 is 0. The lowest BCUT2D eigenvalue weighted by molar-refractivity contribution is -0.121. The third kappa shape index (κ3) is 3.87. The molecule has 0 saturated carbocycles. The number of anilines is 1. The number of piperidine rings is 1. The molecule has 3 aromatic heterocycles. The molecule has 4 rings (SSSR count). The molecule has 0 spiro atoms. The number of thiophene rings is 1. The highest BCUT2D eigenvalue weighted by Gasteiger charge is 2.29. The normalized spacial score (nSPS) is 16.9. The molecule has 138 valence electrons. The average molecular weight is 382 g/mol. The van der Waals surface area contributed by atoms with Crippen molar-refractivity contribution in [3.8, 4) is 11.5 Å². The zero-order valence-corrected chi connectivity index (χ0v) is 15.3. The van der Waals surface area contributed by atoms with Crippen LogP contribution in [0, 0.1) is 5.92 Å². The fourth-order valence-corrected chi connectivity index (χ4v) is 3.77. The maximum atomic E-state index is 12.6. The molecule has 0 bridgehead atoms. The number of carbonyl (C=O) groups excluding carboxylic acids is 2. The first-order valence-corrected chi connectivity index (χ1v) is 9.56. The molecule has 0 aliphatic carbocycles. The van der Waals surface area contributed by atoms with Gasteiger partial charge in [-0.15, -0.1) is 16.4 Å². The van der Waals surface area contributed by atoms with Crippen LogP contribution in [-0.2, 0) is 4.79 Å². The molecular weight excluding hydrogens is 364 g/mol. The first kappa shape index (κ1) is 17.3. The van der Waals surface area contributed by atoms with Gasteiger partial charge in [-0.25, -0.2) is 0 Å². The van der Waals surface area contributed by atoms with Gasteiger partial charge in [0, 0.05) is 19.3 Å². The second kappa shape index (κ2) is 7.67. The van der Waals surface area contributed by atoms with E-state index in [1.807, 2.05) is 29.6 Å². The first-order valence-electron chi connectivity index (χ1n) is 8.68. The Morgan fingerprint density at radius 2 is 2.19 bits per heavy atom. The summed E-state index contributed by atoms with van der Waals surface area (Å²) in [5.41, 5.74) is 0.649. The van der Waals surface area contributed by atoms with E-state index in [2.05, 4.69) is 25.5 Å². The Morgan fingerprint density at radius 1 is 1.26 bits per heavy atom. The number of aromatic nitrogens is 4. The zero-order valence-electron chi connectivity index (χ0n) is 14.5. The number of amides is 2. The van der Waals surface area contributed by atoms with Crippen molar-refractivity contribution >= 4 is 29.1 Å². The van der Waals surface area contributed by atoms with Gasteiger partial charge in [0.2, 0.25) is 11.9 Å². The minimum Gasteiger partial charge on any atom is -0.337 e. The van der Waals surface area contributed by atoms with Gasteiger partial charge in [0.25, 0.3) is 5.91 Å². The summed E-state index contributed by atoms with van der Waals surface area (Å²) in [7, 11) is 0. The Bertz CT molecular complexity index is 925. The monoisotopic (exact) mass is 382 g/mol. The van der Waals surface area contributed by atoms with Gasteiger partial charge < -0.3 is 4.90 Å². The van der Waals surface area contributed by atoms with Crippen LogP contribution in [0.3, 0.4) is 0 Å². The van der Waals surface area contributed by atoms with Crippen molar-refractivity contribution in [1.29, 1.82) is 0 Å². The quantitative estimate of drug-likeness (QED) is 0.721. The maximum absolute atomic E-state index is 12.6. The zero-order chi connectivity index (χ0) is 18.6. The number of likely N-dealkylation sites (tertiary alicyclic amines) is 1. The highest BCUT2D eigenvalue weighted by atomic mass is 32.1. The third-order valence-corrected chi connectivity index (χ3v) is 5.30. The van der Waals surface area contributed by atoms with E-state index in [0.29, 0.717) is 29.5 Å². The van der Waals surface area contributed by atoms with Crippen molar-refractivity contribution in [2.24, 2.45) is 5.92 Å². The summed E-state index contributed by atoms with van der Waals surface area (Å²) in [6.45, 7) is 1.07. The number of aromatic amines is 1. The van der Waals surface area contributed by atoms with Gasteiger partial charge in [-0.1, -0.05) is 12.1 Å². The second-order valence-corrected chi connectivity index (χ2v) is 7.23. The van der Waals surface area contributed by atoms with E-state index in [1.54, 1.807) is 17.2 Å². The van der Waals surface area contributed by atoms with Crippen molar-refractivity contribution < 1.29 is 9.59 Å². The molecule has 1 aliphatic rings. The molecule has 0 unspecified atom stereocenters. The number of nitrogens with one attached hydrogen (secondary N) is 2. The Labute approximate surface area is 159 Å². The summed E-state index contributed by atoms with van der Waals surface area (Å²) in [6.07, 6.45) is 3.19. The van der Waals surface area contributed by atoms with Crippen molar-refractivity contribution in [3.05, 3.63) is 46.8 Å². The maximum Gasteiger partial charge on any atom is 0.263 e. The van der Waals surface area contributed by atoms with Crippen molar-refractivity contribution in [1.82, 2.24) is 25.1 Å². The molecule has 4 heterocycles. The van der Waals surface area contributed by atoms with Gasteiger partial charge in [0.05, 0.1) is 10.8 Å². The van der Waals surface area contributed by atoms with Crippen LogP contribution < -0.4 is 5.32 Å². The molecule has 1 fully saturated rings.